The van der Waals surface area contributed by atoms with Crippen LogP contribution < -0.4 is 20.3 Å². The predicted octanol–water partition coefficient (Wildman–Crippen LogP) is 1.39. The van der Waals surface area contributed by atoms with Gasteiger partial charge in [-0.25, -0.2) is 4.98 Å². The first-order chi connectivity index (χ1) is 10.3. The third-order valence-electron chi connectivity index (χ3n) is 3.62. The fraction of sp³-hybridized carbons (Fsp3) is 0.333. The molecule has 2 aromatic heterocycles. The molecule has 3 heterocycles. The number of nitrogens with zero attached hydrogens (tertiary/aromatic N) is 4. The Balaban J connectivity index is 1.65. The van der Waals surface area contributed by atoms with Crippen molar-refractivity contribution in [2.45, 2.75) is 0 Å². The van der Waals surface area contributed by atoms with Crippen molar-refractivity contribution in [1.82, 2.24) is 9.97 Å². The minimum absolute atomic E-state index is 0.648. The van der Waals surface area contributed by atoms with Crippen molar-refractivity contribution in [2.24, 2.45) is 0 Å². The standard InChI is InChI=1S/C15H19N5O/c1-21-15-4-2-3-14(18-15)20-9-7-19(8-10-20)13-6-5-12(16)11-17-13/h2-6,11H,7-10,16H2,1H3. The van der Waals surface area contributed by atoms with E-state index in [1.807, 2.05) is 30.3 Å². The van der Waals surface area contributed by atoms with Crippen LogP contribution in [-0.2, 0) is 0 Å². The summed E-state index contributed by atoms with van der Waals surface area (Å²) in [5.74, 6) is 2.58. The quantitative estimate of drug-likeness (QED) is 0.919. The molecule has 6 heteroatoms. The second-order valence-corrected chi connectivity index (χ2v) is 4.96. The zero-order valence-electron chi connectivity index (χ0n) is 12.1. The summed E-state index contributed by atoms with van der Waals surface area (Å²) in [5, 5.41) is 0. The van der Waals surface area contributed by atoms with Crippen molar-refractivity contribution in [3.05, 3.63) is 36.5 Å². The number of hydrogen-bond donors (Lipinski definition) is 1. The molecule has 0 saturated carbocycles. The molecule has 3 rings (SSSR count). The lowest BCUT2D eigenvalue weighted by Crippen LogP contribution is -2.47. The Kier molecular flexibility index (Phi) is 3.77. The molecule has 1 aliphatic heterocycles. The molecule has 0 spiro atoms. The van der Waals surface area contributed by atoms with Gasteiger partial charge in [0, 0.05) is 32.2 Å². The number of anilines is 3. The van der Waals surface area contributed by atoms with Gasteiger partial charge in [0.25, 0.3) is 0 Å². The minimum Gasteiger partial charge on any atom is -0.481 e. The number of aromatic nitrogens is 2. The van der Waals surface area contributed by atoms with E-state index in [1.165, 1.54) is 0 Å². The summed E-state index contributed by atoms with van der Waals surface area (Å²) in [6, 6.07) is 9.69. The number of methoxy groups -OCH3 is 1. The number of ether oxygens (including phenoxy) is 1. The van der Waals surface area contributed by atoms with Gasteiger partial charge in [-0.2, -0.15) is 4.98 Å². The summed E-state index contributed by atoms with van der Waals surface area (Å²) in [6.45, 7) is 3.64. The summed E-state index contributed by atoms with van der Waals surface area (Å²) in [6.07, 6.45) is 1.70. The van der Waals surface area contributed by atoms with Gasteiger partial charge in [-0.05, 0) is 18.2 Å². The Labute approximate surface area is 124 Å². The van der Waals surface area contributed by atoms with Gasteiger partial charge >= 0.3 is 0 Å². The molecule has 1 fully saturated rings. The molecule has 2 N–H and O–H groups in total. The zero-order valence-corrected chi connectivity index (χ0v) is 12.1. The Bertz CT molecular complexity index is 593. The fourth-order valence-corrected chi connectivity index (χ4v) is 2.44. The smallest absolute Gasteiger partial charge is 0.214 e. The Morgan fingerprint density at radius 2 is 1.71 bits per heavy atom. The average molecular weight is 285 g/mol. The van der Waals surface area contributed by atoms with Crippen LogP contribution in [0.15, 0.2) is 36.5 Å². The number of piperazine rings is 1. The third-order valence-corrected chi connectivity index (χ3v) is 3.62. The first-order valence-electron chi connectivity index (χ1n) is 6.99. The maximum atomic E-state index is 5.67. The fourth-order valence-electron chi connectivity index (χ4n) is 2.44. The lowest BCUT2D eigenvalue weighted by atomic mass is 10.3. The van der Waals surface area contributed by atoms with Gasteiger partial charge in [-0.3, -0.25) is 0 Å². The molecule has 2 aromatic rings. The Morgan fingerprint density at radius 3 is 2.33 bits per heavy atom. The number of hydrogen-bond acceptors (Lipinski definition) is 6. The molecule has 6 nitrogen and oxygen atoms in total. The molecule has 0 bridgehead atoms. The molecule has 0 aliphatic carbocycles. The van der Waals surface area contributed by atoms with Crippen molar-refractivity contribution >= 4 is 17.3 Å². The third kappa shape index (κ3) is 2.99. The van der Waals surface area contributed by atoms with E-state index in [2.05, 4.69) is 19.8 Å². The second kappa shape index (κ2) is 5.87. The van der Waals surface area contributed by atoms with Crippen LogP contribution in [0.3, 0.4) is 0 Å². The maximum Gasteiger partial charge on any atom is 0.214 e. The molecule has 110 valence electrons. The second-order valence-electron chi connectivity index (χ2n) is 4.96. The number of nitrogen functional groups attached to an aromatic ring is 1. The first-order valence-corrected chi connectivity index (χ1v) is 6.99. The van der Waals surface area contributed by atoms with Gasteiger partial charge in [0.2, 0.25) is 5.88 Å². The number of rotatable bonds is 3. The van der Waals surface area contributed by atoms with Crippen molar-refractivity contribution in [3.8, 4) is 5.88 Å². The number of nitrogens with two attached hydrogens (primary N) is 1. The van der Waals surface area contributed by atoms with E-state index in [4.69, 9.17) is 10.5 Å². The van der Waals surface area contributed by atoms with E-state index in [0.29, 0.717) is 11.6 Å². The van der Waals surface area contributed by atoms with E-state index in [9.17, 15) is 0 Å². The highest BCUT2D eigenvalue weighted by atomic mass is 16.5. The van der Waals surface area contributed by atoms with Crippen molar-refractivity contribution < 1.29 is 4.74 Å². The lowest BCUT2D eigenvalue weighted by Gasteiger charge is -2.36. The van der Waals surface area contributed by atoms with Gasteiger partial charge in [0.1, 0.15) is 11.6 Å². The van der Waals surface area contributed by atoms with Crippen molar-refractivity contribution in [1.29, 1.82) is 0 Å². The SMILES string of the molecule is COc1cccc(N2CCN(c3ccc(N)cn3)CC2)n1. The molecule has 0 atom stereocenters. The molecule has 1 saturated heterocycles. The van der Waals surface area contributed by atoms with Crippen LogP contribution in [0, 0.1) is 0 Å². The molecular formula is C15H19N5O. The Hall–Kier alpha value is -2.50. The van der Waals surface area contributed by atoms with Gasteiger partial charge in [-0.1, -0.05) is 6.07 Å². The Morgan fingerprint density at radius 1 is 1.00 bits per heavy atom. The normalized spacial score (nSPS) is 15.1. The summed E-state index contributed by atoms with van der Waals surface area (Å²) in [5.41, 5.74) is 6.36. The molecule has 0 radical (unpaired) electrons. The van der Waals surface area contributed by atoms with Crippen LogP contribution in [-0.4, -0.2) is 43.3 Å². The molecular weight excluding hydrogens is 266 g/mol. The van der Waals surface area contributed by atoms with Crippen LogP contribution in [0.25, 0.3) is 0 Å². The molecule has 0 amide bonds. The van der Waals surface area contributed by atoms with Gasteiger partial charge in [-0.15, -0.1) is 0 Å². The van der Waals surface area contributed by atoms with Crippen LogP contribution in [0.4, 0.5) is 17.3 Å². The molecule has 0 unspecified atom stereocenters. The van der Waals surface area contributed by atoms with Gasteiger partial charge < -0.3 is 20.3 Å². The van der Waals surface area contributed by atoms with E-state index in [-0.39, 0.29) is 0 Å². The van der Waals surface area contributed by atoms with Crippen LogP contribution in [0.5, 0.6) is 5.88 Å². The summed E-state index contributed by atoms with van der Waals surface area (Å²) in [4.78, 5) is 13.4. The zero-order chi connectivity index (χ0) is 14.7. The first kappa shape index (κ1) is 13.5. The largest absolute Gasteiger partial charge is 0.481 e. The highest BCUT2D eigenvalue weighted by Gasteiger charge is 2.19. The van der Waals surface area contributed by atoms with Crippen LogP contribution in [0.1, 0.15) is 0 Å². The van der Waals surface area contributed by atoms with Gasteiger partial charge in [0.05, 0.1) is 19.0 Å². The summed E-state index contributed by atoms with van der Waals surface area (Å²) in [7, 11) is 1.64. The van der Waals surface area contributed by atoms with Gasteiger partial charge in [0.15, 0.2) is 0 Å². The monoisotopic (exact) mass is 285 g/mol. The van der Waals surface area contributed by atoms with Crippen molar-refractivity contribution in [3.63, 3.8) is 0 Å². The van der Waals surface area contributed by atoms with Crippen molar-refractivity contribution in [2.75, 3.05) is 48.8 Å². The highest BCUT2D eigenvalue weighted by molar-refractivity contribution is 5.48. The molecule has 21 heavy (non-hydrogen) atoms. The highest BCUT2D eigenvalue weighted by Crippen LogP contribution is 2.20. The lowest BCUT2D eigenvalue weighted by molar-refractivity contribution is 0.397. The predicted molar refractivity (Wildman–Crippen MR) is 83.9 cm³/mol. The van der Waals surface area contributed by atoms with E-state index >= 15 is 0 Å². The van der Waals surface area contributed by atoms with Crippen LogP contribution in [0.2, 0.25) is 0 Å². The molecule has 0 aromatic carbocycles. The van der Waals surface area contributed by atoms with E-state index in [0.717, 1.165) is 37.8 Å². The topological polar surface area (TPSA) is 67.5 Å². The molecule has 1 aliphatic rings. The van der Waals surface area contributed by atoms with Crippen LogP contribution >= 0.6 is 0 Å². The maximum absolute atomic E-state index is 5.67. The summed E-state index contributed by atoms with van der Waals surface area (Å²) >= 11 is 0. The average Bonchev–Trinajstić information content (AvgIpc) is 2.56. The van der Waals surface area contributed by atoms with E-state index in [1.54, 1.807) is 13.3 Å². The minimum atomic E-state index is 0.648. The van der Waals surface area contributed by atoms with E-state index < -0.39 is 0 Å². The summed E-state index contributed by atoms with van der Waals surface area (Å²) < 4.78 is 5.18. The number of pyridine rings is 2.